The Morgan fingerprint density at radius 1 is 1.00 bits per heavy atom. The van der Waals surface area contributed by atoms with Gasteiger partial charge in [0.1, 0.15) is 5.82 Å². The molecular weight excluding hydrogens is 458 g/mol. The summed E-state index contributed by atoms with van der Waals surface area (Å²) < 4.78 is 0. The van der Waals surface area contributed by atoms with E-state index in [1.165, 1.54) is 0 Å². The third-order valence-electron chi connectivity index (χ3n) is 6.06. The topological polar surface area (TPSA) is 61.4 Å². The fourth-order valence-electron chi connectivity index (χ4n) is 4.34. The van der Waals surface area contributed by atoms with Crippen LogP contribution in [0.15, 0.2) is 54.6 Å². The minimum atomic E-state index is -0.258. The number of nitrogens with one attached hydrogen (secondary N) is 1. The smallest absolute Gasteiger partial charge is 0.317 e. The maximum Gasteiger partial charge on any atom is 0.317 e. The van der Waals surface area contributed by atoms with Crippen LogP contribution < -0.4 is 10.2 Å². The number of hydrogen-bond acceptors (Lipinski definition) is 4. The van der Waals surface area contributed by atoms with E-state index in [0.717, 1.165) is 45.5 Å². The number of aryl methyl sites for hydroxylation is 1. The van der Waals surface area contributed by atoms with Crippen molar-refractivity contribution in [2.75, 3.05) is 31.1 Å². The van der Waals surface area contributed by atoms with Crippen LogP contribution in [0, 0.1) is 0 Å². The Morgan fingerprint density at radius 3 is 2.34 bits per heavy atom. The molecule has 35 heavy (non-hydrogen) atoms. The molecule has 6 nitrogen and oxygen atoms in total. The lowest BCUT2D eigenvalue weighted by atomic mass is 10.0. The SMILES string of the molecule is CCc1nc(-c2ccccc2)nc(N2CCN(C(=O)NC(C)(C)C)CC2)c1Cc1cccc(Cl)c1. The summed E-state index contributed by atoms with van der Waals surface area (Å²) in [6, 6.07) is 18.1. The van der Waals surface area contributed by atoms with Gasteiger partial charge in [0.15, 0.2) is 5.82 Å². The molecule has 0 atom stereocenters. The second-order valence-electron chi connectivity index (χ2n) is 9.98. The molecule has 184 valence electrons. The Bertz CT molecular complexity index is 1170. The van der Waals surface area contributed by atoms with Gasteiger partial charge in [0, 0.05) is 60.0 Å². The van der Waals surface area contributed by atoms with Crippen molar-refractivity contribution in [1.29, 1.82) is 0 Å². The number of anilines is 1. The molecule has 1 aliphatic rings. The zero-order chi connectivity index (χ0) is 25.0. The number of hydrogen-bond donors (Lipinski definition) is 1. The first-order valence-electron chi connectivity index (χ1n) is 12.2. The predicted molar refractivity (Wildman–Crippen MR) is 143 cm³/mol. The lowest BCUT2D eigenvalue weighted by Crippen LogP contribution is -2.55. The van der Waals surface area contributed by atoms with E-state index in [0.29, 0.717) is 32.6 Å². The highest BCUT2D eigenvalue weighted by Gasteiger charge is 2.27. The molecular formula is C28H34ClN5O. The van der Waals surface area contributed by atoms with Crippen LogP contribution in [-0.4, -0.2) is 52.6 Å². The van der Waals surface area contributed by atoms with Gasteiger partial charge in [-0.05, 0) is 44.9 Å². The van der Waals surface area contributed by atoms with E-state index >= 15 is 0 Å². The molecule has 3 aromatic rings. The molecule has 1 saturated heterocycles. The van der Waals surface area contributed by atoms with Gasteiger partial charge in [-0.3, -0.25) is 0 Å². The lowest BCUT2D eigenvalue weighted by molar-refractivity contribution is 0.185. The zero-order valence-corrected chi connectivity index (χ0v) is 21.8. The average Bonchev–Trinajstić information content (AvgIpc) is 2.84. The second-order valence-corrected chi connectivity index (χ2v) is 10.4. The molecule has 0 radical (unpaired) electrons. The van der Waals surface area contributed by atoms with Crippen molar-refractivity contribution in [3.8, 4) is 11.4 Å². The highest BCUT2D eigenvalue weighted by molar-refractivity contribution is 6.30. The van der Waals surface area contributed by atoms with E-state index in [2.05, 4.69) is 23.2 Å². The summed E-state index contributed by atoms with van der Waals surface area (Å²) >= 11 is 6.28. The first-order chi connectivity index (χ1) is 16.7. The van der Waals surface area contributed by atoms with E-state index in [9.17, 15) is 4.79 Å². The van der Waals surface area contributed by atoms with Gasteiger partial charge in [-0.1, -0.05) is 61.0 Å². The van der Waals surface area contributed by atoms with Crippen molar-refractivity contribution < 1.29 is 4.79 Å². The van der Waals surface area contributed by atoms with Crippen molar-refractivity contribution in [3.63, 3.8) is 0 Å². The molecule has 1 aromatic heterocycles. The van der Waals surface area contributed by atoms with Crippen molar-refractivity contribution in [2.45, 2.75) is 46.1 Å². The maximum absolute atomic E-state index is 12.7. The van der Waals surface area contributed by atoms with Gasteiger partial charge in [-0.25, -0.2) is 14.8 Å². The van der Waals surface area contributed by atoms with Crippen LogP contribution >= 0.6 is 11.6 Å². The van der Waals surface area contributed by atoms with Gasteiger partial charge in [0.05, 0.1) is 0 Å². The first-order valence-corrected chi connectivity index (χ1v) is 12.6. The number of nitrogens with zero attached hydrogens (tertiary/aromatic N) is 4. The molecule has 2 heterocycles. The molecule has 1 N–H and O–H groups in total. The Balaban J connectivity index is 1.67. The van der Waals surface area contributed by atoms with Crippen molar-refractivity contribution in [3.05, 3.63) is 76.4 Å². The number of aromatic nitrogens is 2. The Hall–Kier alpha value is -3.12. The number of amides is 2. The van der Waals surface area contributed by atoms with Gasteiger partial charge in [-0.2, -0.15) is 0 Å². The third-order valence-corrected chi connectivity index (χ3v) is 6.29. The number of benzene rings is 2. The molecule has 0 unspecified atom stereocenters. The van der Waals surface area contributed by atoms with E-state index in [-0.39, 0.29) is 11.6 Å². The summed E-state index contributed by atoms with van der Waals surface area (Å²) in [6.45, 7) is 10.9. The Labute approximate surface area is 213 Å². The molecule has 1 aliphatic heterocycles. The highest BCUT2D eigenvalue weighted by atomic mass is 35.5. The van der Waals surface area contributed by atoms with E-state index in [4.69, 9.17) is 21.6 Å². The van der Waals surface area contributed by atoms with Crippen LogP contribution in [0.2, 0.25) is 5.02 Å². The average molecular weight is 492 g/mol. The van der Waals surface area contributed by atoms with E-state index in [1.54, 1.807) is 0 Å². The van der Waals surface area contributed by atoms with E-state index in [1.807, 2.05) is 74.2 Å². The summed E-state index contributed by atoms with van der Waals surface area (Å²) in [5.74, 6) is 1.69. The van der Waals surface area contributed by atoms with Gasteiger partial charge >= 0.3 is 6.03 Å². The fraction of sp³-hybridized carbons (Fsp3) is 0.393. The Morgan fingerprint density at radius 2 is 1.71 bits per heavy atom. The van der Waals surface area contributed by atoms with Crippen molar-refractivity contribution in [1.82, 2.24) is 20.2 Å². The maximum atomic E-state index is 12.7. The van der Waals surface area contributed by atoms with E-state index < -0.39 is 0 Å². The zero-order valence-electron chi connectivity index (χ0n) is 21.0. The largest absolute Gasteiger partial charge is 0.353 e. The minimum Gasteiger partial charge on any atom is -0.353 e. The van der Waals surface area contributed by atoms with Crippen molar-refractivity contribution in [2.24, 2.45) is 0 Å². The van der Waals surface area contributed by atoms with Crippen LogP contribution in [-0.2, 0) is 12.8 Å². The quantitative estimate of drug-likeness (QED) is 0.506. The Kier molecular flexibility index (Phi) is 7.60. The molecule has 2 aromatic carbocycles. The molecule has 0 spiro atoms. The van der Waals surface area contributed by atoms with Gasteiger partial charge in [0.25, 0.3) is 0 Å². The van der Waals surface area contributed by atoms with Gasteiger partial charge in [-0.15, -0.1) is 0 Å². The molecule has 0 aliphatic carbocycles. The van der Waals surface area contributed by atoms with Gasteiger partial charge in [0.2, 0.25) is 0 Å². The van der Waals surface area contributed by atoms with Crippen LogP contribution in [0.4, 0.5) is 10.6 Å². The number of carbonyl (C=O) groups excluding carboxylic acids is 1. The normalized spacial score (nSPS) is 14.2. The second kappa shape index (κ2) is 10.6. The number of carbonyl (C=O) groups is 1. The summed E-state index contributed by atoms with van der Waals surface area (Å²) in [5.41, 5.74) is 4.04. The molecule has 7 heteroatoms. The number of halogens is 1. The molecule has 1 fully saturated rings. The first kappa shape index (κ1) is 25.0. The molecule has 2 amide bonds. The number of rotatable bonds is 5. The minimum absolute atomic E-state index is 0.0155. The summed E-state index contributed by atoms with van der Waals surface area (Å²) in [6.07, 6.45) is 1.51. The van der Waals surface area contributed by atoms with Gasteiger partial charge < -0.3 is 15.1 Å². The fourth-order valence-corrected chi connectivity index (χ4v) is 4.55. The summed E-state index contributed by atoms with van der Waals surface area (Å²) in [4.78, 5) is 26.9. The van der Waals surface area contributed by atoms with Crippen molar-refractivity contribution >= 4 is 23.4 Å². The molecule has 4 rings (SSSR count). The lowest BCUT2D eigenvalue weighted by Gasteiger charge is -2.37. The highest BCUT2D eigenvalue weighted by Crippen LogP contribution is 2.29. The summed E-state index contributed by atoms with van der Waals surface area (Å²) in [7, 11) is 0. The van der Waals surface area contributed by atoms with Crippen LogP contribution in [0.5, 0.6) is 0 Å². The standard InChI is InChI=1S/C28H34ClN5O/c1-5-24-23(19-20-10-9-13-22(29)18-20)26(31-25(30-24)21-11-7-6-8-12-21)33-14-16-34(17-15-33)27(35)32-28(2,3)4/h6-13,18H,5,14-17,19H2,1-4H3,(H,32,35). The molecule has 0 saturated carbocycles. The predicted octanol–water partition coefficient (Wildman–Crippen LogP) is 5.58. The van der Waals surface area contributed by atoms with Crippen LogP contribution in [0.3, 0.4) is 0 Å². The van der Waals surface area contributed by atoms with Crippen LogP contribution in [0.25, 0.3) is 11.4 Å². The number of urea groups is 1. The summed E-state index contributed by atoms with van der Waals surface area (Å²) in [5, 5.41) is 3.80. The molecule has 0 bridgehead atoms. The third kappa shape index (κ3) is 6.31. The number of piperazine rings is 1. The monoisotopic (exact) mass is 491 g/mol. The van der Waals surface area contributed by atoms with Crippen LogP contribution in [0.1, 0.15) is 44.5 Å².